The van der Waals surface area contributed by atoms with Gasteiger partial charge in [-0.05, 0) is 23.9 Å². The van der Waals surface area contributed by atoms with Gasteiger partial charge in [-0.3, -0.25) is 19.1 Å². The van der Waals surface area contributed by atoms with Crippen LogP contribution in [0, 0.1) is 18.3 Å². The predicted octanol–water partition coefficient (Wildman–Crippen LogP) is 3.90. The topological polar surface area (TPSA) is 82.2 Å². The highest BCUT2D eigenvalue weighted by atomic mass is 32.1. The van der Waals surface area contributed by atoms with Crippen LogP contribution in [0.1, 0.15) is 17.4 Å². The Balaban J connectivity index is 1.32. The van der Waals surface area contributed by atoms with E-state index in [1.54, 1.807) is 23.2 Å². The highest BCUT2D eigenvalue weighted by molar-refractivity contribution is 7.18. The molecule has 1 aliphatic heterocycles. The van der Waals surface area contributed by atoms with Crippen LogP contribution in [0.4, 0.5) is 0 Å². The number of rotatable bonds is 5. The van der Waals surface area contributed by atoms with Crippen molar-refractivity contribution in [3.63, 3.8) is 0 Å². The minimum atomic E-state index is -0.329. The van der Waals surface area contributed by atoms with Gasteiger partial charge in [0, 0.05) is 42.0 Å². The van der Waals surface area contributed by atoms with Gasteiger partial charge in [0.25, 0.3) is 5.56 Å². The average Bonchev–Trinajstić information content (AvgIpc) is 3.53. The first-order chi connectivity index (χ1) is 16.6. The maximum absolute atomic E-state index is 13.4. The SMILES string of the molecule is Cc1nc2scc(-c3cccs3)c2c(=O)n1CC(=O)N1CCN([C@@H](C#N)c2ccccc2)CC1. The summed E-state index contributed by atoms with van der Waals surface area (Å²) >= 11 is 3.04. The molecule has 7 nitrogen and oxygen atoms in total. The van der Waals surface area contributed by atoms with Crippen LogP contribution in [0.2, 0.25) is 0 Å². The molecule has 0 aliphatic carbocycles. The van der Waals surface area contributed by atoms with Crippen molar-refractivity contribution in [3.8, 4) is 16.5 Å². The second kappa shape index (κ2) is 9.50. The Morgan fingerprint density at radius 3 is 2.56 bits per heavy atom. The van der Waals surface area contributed by atoms with Gasteiger partial charge < -0.3 is 4.90 Å². The predicted molar refractivity (Wildman–Crippen MR) is 135 cm³/mol. The Hall–Kier alpha value is -3.32. The fourth-order valence-electron chi connectivity index (χ4n) is 4.39. The molecule has 0 unspecified atom stereocenters. The van der Waals surface area contributed by atoms with Crippen LogP contribution < -0.4 is 5.56 Å². The minimum absolute atomic E-state index is 0.0340. The van der Waals surface area contributed by atoms with Crippen molar-refractivity contribution in [2.45, 2.75) is 19.5 Å². The van der Waals surface area contributed by atoms with Crippen molar-refractivity contribution in [1.29, 1.82) is 5.26 Å². The highest BCUT2D eigenvalue weighted by Gasteiger charge is 2.27. The Morgan fingerprint density at radius 2 is 1.88 bits per heavy atom. The third kappa shape index (κ3) is 4.16. The zero-order valence-corrected chi connectivity index (χ0v) is 20.3. The lowest BCUT2D eigenvalue weighted by molar-refractivity contribution is -0.133. The molecule has 3 aromatic heterocycles. The maximum atomic E-state index is 13.4. The van der Waals surface area contributed by atoms with Gasteiger partial charge in [-0.1, -0.05) is 36.4 Å². The van der Waals surface area contributed by atoms with Crippen LogP contribution >= 0.6 is 22.7 Å². The van der Waals surface area contributed by atoms with E-state index >= 15 is 0 Å². The fraction of sp³-hybridized carbons (Fsp3) is 0.280. The molecule has 9 heteroatoms. The summed E-state index contributed by atoms with van der Waals surface area (Å²) in [6.07, 6.45) is 0. The van der Waals surface area contributed by atoms with Crippen LogP contribution in [-0.4, -0.2) is 51.4 Å². The zero-order chi connectivity index (χ0) is 23.7. The van der Waals surface area contributed by atoms with E-state index in [9.17, 15) is 14.9 Å². The number of amides is 1. The molecule has 172 valence electrons. The third-order valence-corrected chi connectivity index (χ3v) is 8.01. The van der Waals surface area contributed by atoms with Gasteiger partial charge in [0.05, 0.1) is 11.5 Å². The van der Waals surface area contributed by atoms with Crippen molar-refractivity contribution in [2.24, 2.45) is 0 Å². The van der Waals surface area contributed by atoms with Gasteiger partial charge in [-0.2, -0.15) is 5.26 Å². The van der Waals surface area contributed by atoms with E-state index in [1.807, 2.05) is 53.2 Å². The first-order valence-electron chi connectivity index (χ1n) is 11.1. The lowest BCUT2D eigenvalue weighted by Gasteiger charge is -2.37. The Labute approximate surface area is 205 Å². The lowest BCUT2D eigenvalue weighted by Crippen LogP contribution is -2.50. The maximum Gasteiger partial charge on any atom is 0.263 e. The number of thiophene rings is 2. The minimum Gasteiger partial charge on any atom is -0.339 e. The molecule has 1 aromatic carbocycles. The average molecular weight is 490 g/mol. The molecule has 1 aliphatic rings. The summed E-state index contributed by atoms with van der Waals surface area (Å²) in [6, 6.07) is 15.7. The van der Waals surface area contributed by atoms with Gasteiger partial charge in [-0.15, -0.1) is 22.7 Å². The number of hydrogen-bond acceptors (Lipinski definition) is 7. The molecule has 4 aromatic rings. The fourth-order valence-corrected chi connectivity index (χ4v) is 6.19. The van der Waals surface area contributed by atoms with Crippen molar-refractivity contribution in [2.75, 3.05) is 26.2 Å². The first kappa shape index (κ1) is 22.5. The van der Waals surface area contributed by atoms with Gasteiger partial charge >= 0.3 is 0 Å². The van der Waals surface area contributed by atoms with Crippen LogP contribution in [0.15, 0.2) is 58.0 Å². The first-order valence-corrected chi connectivity index (χ1v) is 12.8. The van der Waals surface area contributed by atoms with Gasteiger partial charge in [0.1, 0.15) is 23.2 Å². The molecular weight excluding hydrogens is 466 g/mol. The molecule has 4 heterocycles. The highest BCUT2D eigenvalue weighted by Crippen LogP contribution is 2.33. The summed E-state index contributed by atoms with van der Waals surface area (Å²) in [7, 11) is 0. The molecule has 0 spiro atoms. The molecule has 1 atom stereocenters. The van der Waals surface area contributed by atoms with Gasteiger partial charge in [0.2, 0.25) is 5.91 Å². The summed E-state index contributed by atoms with van der Waals surface area (Å²) in [5.41, 5.74) is 1.67. The number of fused-ring (bicyclic) bond motifs is 1. The van der Waals surface area contributed by atoms with E-state index in [0.29, 0.717) is 42.2 Å². The van der Waals surface area contributed by atoms with E-state index in [0.717, 1.165) is 16.0 Å². The Morgan fingerprint density at radius 1 is 1.12 bits per heavy atom. The second-order valence-electron chi connectivity index (χ2n) is 8.22. The molecule has 0 saturated carbocycles. The third-order valence-electron chi connectivity index (χ3n) is 6.23. The van der Waals surface area contributed by atoms with Gasteiger partial charge in [-0.25, -0.2) is 4.98 Å². The van der Waals surface area contributed by atoms with Gasteiger partial charge in [0.15, 0.2) is 0 Å². The Kier molecular flexibility index (Phi) is 6.28. The number of piperazine rings is 1. The molecule has 34 heavy (non-hydrogen) atoms. The number of nitrogens with zero attached hydrogens (tertiary/aromatic N) is 5. The van der Waals surface area contributed by atoms with Crippen molar-refractivity contribution >= 4 is 38.8 Å². The van der Waals surface area contributed by atoms with E-state index < -0.39 is 0 Å². The largest absolute Gasteiger partial charge is 0.339 e. The van der Waals surface area contributed by atoms with Crippen LogP contribution in [-0.2, 0) is 11.3 Å². The second-order valence-corrected chi connectivity index (χ2v) is 10.0. The number of carbonyl (C=O) groups is 1. The number of carbonyl (C=O) groups excluding carboxylic acids is 1. The molecule has 1 saturated heterocycles. The summed E-state index contributed by atoms with van der Waals surface area (Å²) in [4.78, 5) is 36.8. The van der Waals surface area contributed by atoms with Crippen molar-refractivity contribution in [1.82, 2.24) is 19.4 Å². The van der Waals surface area contributed by atoms with Crippen LogP contribution in [0.3, 0.4) is 0 Å². The smallest absolute Gasteiger partial charge is 0.263 e. The normalized spacial score (nSPS) is 15.4. The number of aromatic nitrogens is 2. The van der Waals surface area contributed by atoms with E-state index in [-0.39, 0.29) is 24.1 Å². The van der Waals surface area contributed by atoms with Crippen molar-refractivity contribution < 1.29 is 4.79 Å². The molecular formula is C25H23N5O2S2. The summed E-state index contributed by atoms with van der Waals surface area (Å²) in [6.45, 7) is 3.99. The molecule has 1 amide bonds. The van der Waals surface area contributed by atoms with Crippen molar-refractivity contribution in [3.05, 3.63) is 75.0 Å². The zero-order valence-electron chi connectivity index (χ0n) is 18.7. The number of nitriles is 1. The molecule has 0 N–H and O–H groups in total. The molecule has 0 radical (unpaired) electrons. The van der Waals surface area contributed by atoms with E-state index in [4.69, 9.17) is 0 Å². The van der Waals surface area contributed by atoms with E-state index in [1.165, 1.54) is 15.9 Å². The molecule has 0 bridgehead atoms. The monoisotopic (exact) mass is 489 g/mol. The summed E-state index contributed by atoms with van der Waals surface area (Å²) < 4.78 is 1.49. The number of hydrogen-bond donors (Lipinski definition) is 0. The van der Waals surface area contributed by atoms with Crippen LogP contribution in [0.25, 0.3) is 20.7 Å². The Bertz CT molecular complexity index is 1410. The standard InChI is InChI=1S/C25H23N5O2S2/c1-17-27-24-23(19(16-34-24)21-8-5-13-33-21)25(32)30(17)15-22(31)29-11-9-28(10-12-29)20(14-26)18-6-3-2-4-7-18/h2-8,13,16,20H,9-12,15H2,1H3/t20-/m0/s1. The molecule has 5 rings (SSSR count). The number of benzene rings is 1. The molecule has 1 fully saturated rings. The summed E-state index contributed by atoms with van der Waals surface area (Å²) in [5, 5.41) is 14.2. The van der Waals surface area contributed by atoms with Crippen LogP contribution in [0.5, 0.6) is 0 Å². The quantitative estimate of drug-likeness (QED) is 0.425. The number of aryl methyl sites for hydroxylation is 1. The summed E-state index contributed by atoms with van der Waals surface area (Å²) in [5.74, 6) is 0.435. The lowest BCUT2D eigenvalue weighted by atomic mass is 10.1. The van der Waals surface area contributed by atoms with E-state index in [2.05, 4.69) is 16.0 Å².